The molecule has 1 N–H and O–H groups in total. The third-order valence-corrected chi connectivity index (χ3v) is 5.14. The number of rotatable bonds is 2. The fraction of sp³-hybridized carbons (Fsp3) is 0.667. The highest BCUT2D eigenvalue weighted by molar-refractivity contribution is 5.45. The second-order valence-electron chi connectivity index (χ2n) is 7.08. The standard InChI is InChI=1S/C18H27NO3/c1-12-7-5-6-10-19(12)17-16(20)14-9-8-13(21-4)11-15(14)22-18(17,2)3/h8-9,11-12,16-17,20H,5-7,10H2,1-4H3. The van der Waals surface area contributed by atoms with E-state index in [2.05, 4.69) is 25.7 Å². The zero-order chi connectivity index (χ0) is 15.9. The Labute approximate surface area is 133 Å². The molecule has 1 aromatic rings. The van der Waals surface area contributed by atoms with Crippen LogP contribution in [0.5, 0.6) is 11.5 Å². The van der Waals surface area contributed by atoms with Crippen LogP contribution in [0.1, 0.15) is 51.7 Å². The maximum absolute atomic E-state index is 11.0. The first-order valence-corrected chi connectivity index (χ1v) is 8.25. The molecule has 3 rings (SSSR count). The minimum absolute atomic E-state index is 0.0244. The Balaban J connectivity index is 1.97. The summed E-state index contributed by atoms with van der Waals surface area (Å²) in [7, 11) is 1.64. The van der Waals surface area contributed by atoms with Crippen LogP contribution in [0.15, 0.2) is 18.2 Å². The molecule has 0 saturated carbocycles. The molecule has 0 aliphatic carbocycles. The number of nitrogens with zero attached hydrogens (tertiary/aromatic N) is 1. The number of piperidine rings is 1. The van der Waals surface area contributed by atoms with Crippen molar-refractivity contribution >= 4 is 0 Å². The summed E-state index contributed by atoms with van der Waals surface area (Å²) in [5.41, 5.74) is 0.424. The number of aliphatic hydroxyl groups excluding tert-OH is 1. The van der Waals surface area contributed by atoms with Crippen LogP contribution in [0.4, 0.5) is 0 Å². The lowest BCUT2D eigenvalue weighted by Gasteiger charge is -2.51. The number of fused-ring (bicyclic) bond motifs is 1. The predicted molar refractivity (Wildman–Crippen MR) is 86.5 cm³/mol. The Morgan fingerprint density at radius 3 is 2.77 bits per heavy atom. The van der Waals surface area contributed by atoms with Crippen molar-refractivity contribution in [3.63, 3.8) is 0 Å². The van der Waals surface area contributed by atoms with Gasteiger partial charge in [-0.05, 0) is 52.3 Å². The SMILES string of the molecule is COc1ccc2c(c1)OC(C)(C)C(N1CCCCC1C)C2O. The van der Waals surface area contributed by atoms with Gasteiger partial charge in [-0.25, -0.2) is 0 Å². The number of benzene rings is 1. The maximum atomic E-state index is 11.0. The molecule has 1 fully saturated rings. The van der Waals surface area contributed by atoms with Gasteiger partial charge in [-0.15, -0.1) is 0 Å². The van der Waals surface area contributed by atoms with Crippen molar-refractivity contribution in [2.75, 3.05) is 13.7 Å². The Kier molecular flexibility index (Phi) is 4.08. The first-order valence-electron chi connectivity index (χ1n) is 8.25. The molecule has 4 heteroatoms. The Morgan fingerprint density at radius 2 is 2.09 bits per heavy atom. The minimum Gasteiger partial charge on any atom is -0.497 e. The molecule has 122 valence electrons. The molecule has 4 nitrogen and oxygen atoms in total. The van der Waals surface area contributed by atoms with Crippen LogP contribution in [-0.4, -0.2) is 41.3 Å². The van der Waals surface area contributed by atoms with Crippen LogP contribution < -0.4 is 9.47 Å². The molecule has 1 saturated heterocycles. The summed E-state index contributed by atoms with van der Waals surface area (Å²) >= 11 is 0. The van der Waals surface area contributed by atoms with Crippen molar-refractivity contribution in [1.82, 2.24) is 4.90 Å². The number of aliphatic hydroxyl groups is 1. The summed E-state index contributed by atoms with van der Waals surface area (Å²) < 4.78 is 11.5. The van der Waals surface area contributed by atoms with E-state index >= 15 is 0 Å². The average Bonchev–Trinajstić information content (AvgIpc) is 2.47. The van der Waals surface area contributed by atoms with Crippen molar-refractivity contribution in [3.05, 3.63) is 23.8 Å². The molecule has 22 heavy (non-hydrogen) atoms. The molecule has 0 radical (unpaired) electrons. The molecular weight excluding hydrogens is 278 g/mol. The summed E-state index contributed by atoms with van der Waals surface area (Å²) in [6.45, 7) is 7.43. The van der Waals surface area contributed by atoms with E-state index in [0.29, 0.717) is 6.04 Å². The summed E-state index contributed by atoms with van der Waals surface area (Å²) in [4.78, 5) is 2.43. The molecule has 0 spiro atoms. The highest BCUT2D eigenvalue weighted by Gasteiger charge is 2.47. The number of likely N-dealkylation sites (tertiary alicyclic amines) is 1. The highest BCUT2D eigenvalue weighted by Crippen LogP contribution is 2.44. The zero-order valence-electron chi connectivity index (χ0n) is 14.0. The maximum Gasteiger partial charge on any atom is 0.129 e. The van der Waals surface area contributed by atoms with Crippen molar-refractivity contribution in [1.29, 1.82) is 0 Å². The van der Waals surface area contributed by atoms with Gasteiger partial charge in [-0.1, -0.05) is 6.42 Å². The monoisotopic (exact) mass is 305 g/mol. The van der Waals surface area contributed by atoms with Gasteiger partial charge in [-0.2, -0.15) is 0 Å². The number of methoxy groups -OCH3 is 1. The predicted octanol–water partition coefficient (Wildman–Crippen LogP) is 3.14. The van der Waals surface area contributed by atoms with Gasteiger partial charge < -0.3 is 14.6 Å². The van der Waals surface area contributed by atoms with E-state index in [4.69, 9.17) is 9.47 Å². The summed E-state index contributed by atoms with van der Waals surface area (Å²) in [5, 5.41) is 11.0. The van der Waals surface area contributed by atoms with E-state index < -0.39 is 11.7 Å². The molecule has 0 amide bonds. The van der Waals surface area contributed by atoms with Crippen molar-refractivity contribution < 1.29 is 14.6 Å². The quantitative estimate of drug-likeness (QED) is 0.911. The van der Waals surface area contributed by atoms with Crippen LogP contribution in [-0.2, 0) is 0 Å². The molecular formula is C18H27NO3. The molecule has 2 aliphatic heterocycles. The molecule has 1 aromatic carbocycles. The summed E-state index contributed by atoms with van der Waals surface area (Å²) in [5.74, 6) is 1.49. The fourth-order valence-corrected chi connectivity index (χ4v) is 3.98. The number of hydrogen-bond donors (Lipinski definition) is 1. The van der Waals surface area contributed by atoms with E-state index in [1.165, 1.54) is 19.3 Å². The fourth-order valence-electron chi connectivity index (χ4n) is 3.98. The average molecular weight is 305 g/mol. The number of hydrogen-bond acceptors (Lipinski definition) is 4. The molecule has 3 atom stereocenters. The van der Waals surface area contributed by atoms with Crippen LogP contribution in [0.3, 0.4) is 0 Å². The van der Waals surface area contributed by atoms with Gasteiger partial charge in [-0.3, -0.25) is 4.90 Å². The lowest BCUT2D eigenvalue weighted by molar-refractivity contribution is -0.101. The first-order chi connectivity index (χ1) is 10.4. The van der Waals surface area contributed by atoms with Crippen molar-refractivity contribution in [2.45, 2.75) is 63.8 Å². The second kappa shape index (κ2) is 5.74. The van der Waals surface area contributed by atoms with E-state index in [1.807, 2.05) is 18.2 Å². The van der Waals surface area contributed by atoms with E-state index in [-0.39, 0.29) is 6.04 Å². The summed E-state index contributed by atoms with van der Waals surface area (Å²) in [6.07, 6.45) is 3.12. The molecule has 2 aliphatic rings. The van der Waals surface area contributed by atoms with Gasteiger partial charge in [0.2, 0.25) is 0 Å². The largest absolute Gasteiger partial charge is 0.497 e. The Hall–Kier alpha value is -1.26. The Morgan fingerprint density at radius 1 is 1.32 bits per heavy atom. The lowest BCUT2D eigenvalue weighted by atomic mass is 9.83. The van der Waals surface area contributed by atoms with E-state index in [0.717, 1.165) is 23.6 Å². The molecule has 3 unspecified atom stereocenters. The molecule has 0 aromatic heterocycles. The van der Waals surface area contributed by atoms with Crippen LogP contribution >= 0.6 is 0 Å². The lowest BCUT2D eigenvalue weighted by Crippen LogP contribution is -2.61. The summed E-state index contributed by atoms with van der Waals surface area (Å²) in [6, 6.07) is 6.14. The Bertz CT molecular complexity index is 543. The highest BCUT2D eigenvalue weighted by atomic mass is 16.5. The van der Waals surface area contributed by atoms with Crippen LogP contribution in [0.2, 0.25) is 0 Å². The zero-order valence-corrected chi connectivity index (χ0v) is 14.0. The van der Waals surface area contributed by atoms with Crippen LogP contribution in [0.25, 0.3) is 0 Å². The topological polar surface area (TPSA) is 41.9 Å². The van der Waals surface area contributed by atoms with Gasteiger partial charge in [0.05, 0.1) is 13.2 Å². The minimum atomic E-state index is -0.537. The smallest absolute Gasteiger partial charge is 0.129 e. The second-order valence-corrected chi connectivity index (χ2v) is 7.08. The molecule has 0 bridgehead atoms. The van der Waals surface area contributed by atoms with Gasteiger partial charge in [0.1, 0.15) is 23.2 Å². The van der Waals surface area contributed by atoms with Gasteiger partial charge in [0, 0.05) is 17.7 Å². The third-order valence-electron chi connectivity index (χ3n) is 5.14. The van der Waals surface area contributed by atoms with Gasteiger partial charge in [0.15, 0.2) is 0 Å². The van der Waals surface area contributed by atoms with Gasteiger partial charge >= 0.3 is 0 Å². The number of ether oxygens (including phenoxy) is 2. The molecule has 2 heterocycles. The first kappa shape index (κ1) is 15.6. The van der Waals surface area contributed by atoms with E-state index in [1.54, 1.807) is 7.11 Å². The van der Waals surface area contributed by atoms with E-state index in [9.17, 15) is 5.11 Å². The van der Waals surface area contributed by atoms with Crippen LogP contribution in [0, 0.1) is 0 Å². The third kappa shape index (κ3) is 2.59. The van der Waals surface area contributed by atoms with Gasteiger partial charge in [0.25, 0.3) is 0 Å². The normalized spacial score (nSPS) is 31.2. The van der Waals surface area contributed by atoms with Crippen molar-refractivity contribution in [2.24, 2.45) is 0 Å². The van der Waals surface area contributed by atoms with Crippen molar-refractivity contribution in [3.8, 4) is 11.5 Å².